The van der Waals surface area contributed by atoms with Gasteiger partial charge in [-0.25, -0.2) is 22.7 Å². The van der Waals surface area contributed by atoms with Gasteiger partial charge in [0.15, 0.2) is 0 Å². The van der Waals surface area contributed by atoms with Crippen molar-refractivity contribution in [2.75, 3.05) is 5.32 Å². The molecule has 0 bridgehead atoms. The van der Waals surface area contributed by atoms with Crippen molar-refractivity contribution in [3.8, 4) is 0 Å². The van der Waals surface area contributed by atoms with Gasteiger partial charge in [-0.2, -0.15) is 0 Å². The van der Waals surface area contributed by atoms with E-state index in [0.717, 1.165) is 6.07 Å². The number of primary sulfonamides is 1. The van der Waals surface area contributed by atoms with Crippen LogP contribution in [0.15, 0.2) is 47.4 Å². The van der Waals surface area contributed by atoms with Gasteiger partial charge in [0.25, 0.3) is 0 Å². The second-order valence-electron chi connectivity index (χ2n) is 4.19. The van der Waals surface area contributed by atoms with E-state index in [-0.39, 0.29) is 16.1 Å². The average Bonchev–Trinajstić information content (AvgIpc) is 2.40. The number of anilines is 2. The summed E-state index contributed by atoms with van der Waals surface area (Å²) in [5, 5.41) is 16.9. The summed E-state index contributed by atoms with van der Waals surface area (Å²) in [7, 11) is -3.99. The number of nitrogens with two attached hydrogens (primary N) is 1. The highest BCUT2D eigenvalue weighted by Gasteiger charge is 2.16. The number of rotatable bonds is 4. The number of aromatic carboxylic acids is 1. The van der Waals surface area contributed by atoms with Crippen molar-refractivity contribution in [1.29, 1.82) is 0 Å². The van der Waals surface area contributed by atoms with E-state index in [4.69, 9.17) is 10.2 Å². The molecule has 0 aliphatic heterocycles. The smallest absolute Gasteiger partial charge is 0.337 e. The Morgan fingerprint density at radius 1 is 1.14 bits per heavy atom. The fourth-order valence-electron chi connectivity index (χ4n) is 1.68. The normalized spacial score (nSPS) is 11.1. The van der Waals surface area contributed by atoms with Crippen LogP contribution in [0.4, 0.5) is 15.8 Å². The molecule has 8 heteroatoms. The second kappa shape index (κ2) is 5.51. The largest absolute Gasteiger partial charge is 0.478 e. The number of carboxylic acid groups (broad SMARTS) is 1. The Morgan fingerprint density at radius 3 is 2.29 bits per heavy atom. The molecule has 0 heterocycles. The highest BCUT2D eigenvalue weighted by molar-refractivity contribution is 7.89. The molecule has 2 aromatic rings. The van der Waals surface area contributed by atoms with Crippen molar-refractivity contribution in [3.63, 3.8) is 0 Å². The Labute approximate surface area is 120 Å². The van der Waals surface area contributed by atoms with Crippen LogP contribution in [-0.2, 0) is 10.0 Å². The first-order valence-corrected chi connectivity index (χ1v) is 7.25. The van der Waals surface area contributed by atoms with Crippen LogP contribution < -0.4 is 10.5 Å². The van der Waals surface area contributed by atoms with Gasteiger partial charge in [0.1, 0.15) is 5.82 Å². The van der Waals surface area contributed by atoms with Crippen molar-refractivity contribution in [3.05, 3.63) is 53.8 Å². The maximum Gasteiger partial charge on any atom is 0.337 e. The molecule has 0 radical (unpaired) electrons. The van der Waals surface area contributed by atoms with Crippen LogP contribution in [0.1, 0.15) is 10.4 Å². The highest BCUT2D eigenvalue weighted by Crippen LogP contribution is 2.24. The van der Waals surface area contributed by atoms with E-state index < -0.39 is 21.8 Å². The minimum Gasteiger partial charge on any atom is -0.478 e. The van der Waals surface area contributed by atoms with E-state index in [2.05, 4.69) is 5.32 Å². The molecular weight excluding hydrogens is 299 g/mol. The summed E-state index contributed by atoms with van der Waals surface area (Å²) in [6.07, 6.45) is 0. The molecule has 4 N–H and O–H groups in total. The van der Waals surface area contributed by atoms with Gasteiger partial charge in [-0.05, 0) is 42.5 Å². The summed E-state index contributed by atoms with van der Waals surface area (Å²) in [4.78, 5) is 10.9. The molecule has 0 aliphatic rings. The molecule has 0 amide bonds. The van der Waals surface area contributed by atoms with Crippen molar-refractivity contribution in [1.82, 2.24) is 0 Å². The molecule has 2 aromatic carbocycles. The first-order valence-electron chi connectivity index (χ1n) is 5.70. The maximum absolute atomic E-state index is 12.8. The third-order valence-electron chi connectivity index (χ3n) is 2.67. The van der Waals surface area contributed by atoms with E-state index in [9.17, 15) is 17.6 Å². The van der Waals surface area contributed by atoms with Gasteiger partial charge >= 0.3 is 5.97 Å². The molecule has 0 saturated heterocycles. The second-order valence-corrected chi connectivity index (χ2v) is 5.75. The summed E-state index contributed by atoms with van der Waals surface area (Å²) in [5.74, 6) is -1.74. The standard InChI is InChI=1S/C13H11FN2O4S/c14-8-1-3-9(4-2-8)16-12-6-5-10(21(15,19)20)7-11(12)13(17)18/h1-7,16H,(H,17,18)(H2,15,19,20). The van der Waals surface area contributed by atoms with Crippen molar-refractivity contribution in [2.24, 2.45) is 5.14 Å². The number of benzene rings is 2. The number of halogens is 1. The van der Waals surface area contributed by atoms with Gasteiger partial charge in [0, 0.05) is 5.69 Å². The maximum atomic E-state index is 12.8. The number of sulfonamides is 1. The Morgan fingerprint density at radius 2 is 1.76 bits per heavy atom. The van der Waals surface area contributed by atoms with Crippen LogP contribution in [0.5, 0.6) is 0 Å². The topological polar surface area (TPSA) is 109 Å². The SMILES string of the molecule is NS(=O)(=O)c1ccc(Nc2ccc(F)cc2)c(C(=O)O)c1. The molecule has 0 unspecified atom stereocenters. The van der Waals surface area contributed by atoms with Gasteiger partial charge in [0.2, 0.25) is 10.0 Å². The van der Waals surface area contributed by atoms with Gasteiger partial charge in [0.05, 0.1) is 16.1 Å². The molecule has 21 heavy (non-hydrogen) atoms. The van der Waals surface area contributed by atoms with Gasteiger partial charge in [-0.1, -0.05) is 0 Å². The van der Waals surface area contributed by atoms with Gasteiger partial charge in [-0.3, -0.25) is 0 Å². The molecule has 0 spiro atoms. The lowest BCUT2D eigenvalue weighted by Crippen LogP contribution is -2.13. The fraction of sp³-hybridized carbons (Fsp3) is 0. The van der Waals surface area contributed by atoms with E-state index in [1.54, 1.807) is 0 Å². The van der Waals surface area contributed by atoms with Crippen LogP contribution in [0.3, 0.4) is 0 Å². The highest BCUT2D eigenvalue weighted by atomic mass is 32.2. The molecule has 2 rings (SSSR count). The number of carbonyl (C=O) groups is 1. The summed E-state index contributed by atoms with van der Waals surface area (Å²) >= 11 is 0. The fourth-order valence-corrected chi connectivity index (χ4v) is 2.21. The van der Waals surface area contributed by atoms with E-state index in [1.165, 1.54) is 36.4 Å². The summed E-state index contributed by atoms with van der Waals surface area (Å²) in [6.45, 7) is 0. The van der Waals surface area contributed by atoms with E-state index >= 15 is 0 Å². The van der Waals surface area contributed by atoms with Crippen molar-refractivity contribution >= 4 is 27.4 Å². The Balaban J connectivity index is 2.44. The number of nitrogens with one attached hydrogen (secondary N) is 1. The van der Waals surface area contributed by atoms with Crippen LogP contribution in [-0.4, -0.2) is 19.5 Å². The number of hydrogen-bond donors (Lipinski definition) is 3. The van der Waals surface area contributed by atoms with Crippen molar-refractivity contribution in [2.45, 2.75) is 4.90 Å². The molecule has 0 saturated carbocycles. The zero-order valence-corrected chi connectivity index (χ0v) is 11.4. The summed E-state index contributed by atoms with van der Waals surface area (Å²) in [5.41, 5.74) is 0.370. The van der Waals surface area contributed by atoms with E-state index in [0.29, 0.717) is 5.69 Å². The molecule has 110 valence electrons. The Kier molecular flexibility index (Phi) is 3.92. The third-order valence-corrected chi connectivity index (χ3v) is 3.58. The molecule has 0 aromatic heterocycles. The number of carboxylic acids is 1. The molecule has 0 fully saturated rings. The molecular formula is C13H11FN2O4S. The molecule has 0 aliphatic carbocycles. The Hall–Kier alpha value is -2.45. The molecule has 0 atom stereocenters. The van der Waals surface area contributed by atoms with Gasteiger partial charge in [-0.15, -0.1) is 0 Å². The summed E-state index contributed by atoms with van der Waals surface area (Å²) < 4.78 is 35.3. The zero-order chi connectivity index (χ0) is 15.6. The summed E-state index contributed by atoms with van der Waals surface area (Å²) in [6, 6.07) is 8.70. The Bertz CT molecular complexity index is 788. The number of hydrogen-bond acceptors (Lipinski definition) is 4. The predicted octanol–water partition coefficient (Wildman–Crippen LogP) is 1.91. The lowest BCUT2D eigenvalue weighted by atomic mass is 10.1. The molecule has 6 nitrogen and oxygen atoms in total. The minimum absolute atomic E-state index is 0.168. The van der Waals surface area contributed by atoms with Crippen LogP contribution in [0, 0.1) is 5.82 Å². The van der Waals surface area contributed by atoms with Crippen LogP contribution >= 0.6 is 0 Å². The van der Waals surface area contributed by atoms with Crippen molar-refractivity contribution < 1.29 is 22.7 Å². The predicted molar refractivity (Wildman–Crippen MR) is 74.5 cm³/mol. The monoisotopic (exact) mass is 310 g/mol. The zero-order valence-electron chi connectivity index (χ0n) is 10.6. The third kappa shape index (κ3) is 3.56. The van der Waals surface area contributed by atoms with Crippen LogP contribution in [0.2, 0.25) is 0 Å². The first kappa shape index (κ1) is 14.9. The van der Waals surface area contributed by atoms with Gasteiger partial charge < -0.3 is 10.4 Å². The lowest BCUT2D eigenvalue weighted by Gasteiger charge is -2.10. The lowest BCUT2D eigenvalue weighted by molar-refractivity contribution is 0.0697. The van der Waals surface area contributed by atoms with E-state index in [1.807, 2.05) is 0 Å². The first-order chi connectivity index (χ1) is 9.77. The van der Waals surface area contributed by atoms with Crippen LogP contribution in [0.25, 0.3) is 0 Å². The average molecular weight is 310 g/mol. The minimum atomic E-state index is -3.99. The quantitative estimate of drug-likeness (QED) is 0.799.